The zero-order valence-electron chi connectivity index (χ0n) is 17.7. The minimum atomic E-state index is -0.0162. The molecule has 3 aromatic rings. The van der Waals surface area contributed by atoms with E-state index in [1.54, 1.807) is 11.3 Å². The quantitative estimate of drug-likeness (QED) is 0.587. The van der Waals surface area contributed by atoms with Gasteiger partial charge in [0, 0.05) is 42.7 Å². The Bertz CT molecular complexity index is 1080. The molecule has 3 heterocycles. The van der Waals surface area contributed by atoms with Crippen molar-refractivity contribution in [2.45, 2.75) is 19.4 Å². The van der Waals surface area contributed by atoms with Gasteiger partial charge in [0.25, 0.3) is 0 Å². The van der Waals surface area contributed by atoms with Gasteiger partial charge in [0.05, 0.1) is 18.9 Å². The highest BCUT2D eigenvalue weighted by Gasteiger charge is 2.15. The van der Waals surface area contributed by atoms with Crippen LogP contribution in [0.25, 0.3) is 10.6 Å². The van der Waals surface area contributed by atoms with Gasteiger partial charge in [-0.3, -0.25) is 9.69 Å². The molecule has 0 unspecified atom stereocenters. The molecular formula is C24H25N3O4S. The SMILES string of the molecule is O=C(CCc1ccc2c(c1)OCO2)Nc1ccc(-c2nc(CN3CCOCC3)cs2)cc1. The molecule has 0 atom stereocenters. The third-order valence-corrected chi connectivity index (χ3v) is 6.47. The van der Waals surface area contributed by atoms with Crippen molar-refractivity contribution in [3.8, 4) is 22.1 Å². The van der Waals surface area contributed by atoms with Crippen LogP contribution in [0, 0.1) is 0 Å². The largest absolute Gasteiger partial charge is 0.454 e. The molecule has 5 rings (SSSR count). The Kier molecular flexibility index (Phi) is 6.34. The first kappa shape index (κ1) is 20.9. The van der Waals surface area contributed by atoms with E-state index in [9.17, 15) is 4.79 Å². The summed E-state index contributed by atoms with van der Waals surface area (Å²) < 4.78 is 16.1. The molecule has 0 aliphatic carbocycles. The normalized spacial score (nSPS) is 15.6. The highest BCUT2D eigenvalue weighted by atomic mass is 32.1. The van der Waals surface area contributed by atoms with Crippen LogP contribution in [0.2, 0.25) is 0 Å². The summed E-state index contributed by atoms with van der Waals surface area (Å²) in [5.41, 5.74) is 3.99. The lowest BCUT2D eigenvalue weighted by atomic mass is 10.1. The van der Waals surface area contributed by atoms with E-state index in [-0.39, 0.29) is 12.7 Å². The van der Waals surface area contributed by atoms with Crippen LogP contribution >= 0.6 is 11.3 Å². The number of nitrogens with one attached hydrogen (secondary N) is 1. The maximum Gasteiger partial charge on any atom is 0.231 e. The number of carbonyl (C=O) groups is 1. The summed E-state index contributed by atoms with van der Waals surface area (Å²) in [6.45, 7) is 4.61. The fraction of sp³-hybridized carbons (Fsp3) is 0.333. The van der Waals surface area contributed by atoms with Crippen molar-refractivity contribution in [2.24, 2.45) is 0 Å². The monoisotopic (exact) mass is 451 g/mol. The van der Waals surface area contributed by atoms with Crippen molar-refractivity contribution in [3.05, 3.63) is 59.1 Å². The number of anilines is 1. The first-order valence-electron chi connectivity index (χ1n) is 10.8. The first-order chi connectivity index (χ1) is 15.7. The molecule has 8 heteroatoms. The highest BCUT2D eigenvalue weighted by Crippen LogP contribution is 2.33. The number of amides is 1. The molecule has 166 valence electrons. The second-order valence-corrected chi connectivity index (χ2v) is 8.70. The lowest BCUT2D eigenvalue weighted by Crippen LogP contribution is -2.35. The van der Waals surface area contributed by atoms with Crippen LogP contribution < -0.4 is 14.8 Å². The standard InChI is InChI=1S/C24H25N3O4S/c28-23(8-2-17-1-7-21-22(13-17)31-16-30-21)25-19-5-3-18(4-6-19)24-26-20(15-32-24)14-27-9-11-29-12-10-27/h1,3-7,13,15H,2,8-12,14,16H2,(H,25,28). The number of ether oxygens (including phenoxy) is 3. The van der Waals surface area contributed by atoms with E-state index < -0.39 is 0 Å². The number of nitrogens with zero attached hydrogens (tertiary/aromatic N) is 2. The van der Waals surface area contributed by atoms with Crippen molar-refractivity contribution in [2.75, 3.05) is 38.4 Å². The van der Waals surface area contributed by atoms with Gasteiger partial charge in [0.15, 0.2) is 11.5 Å². The van der Waals surface area contributed by atoms with Gasteiger partial charge in [0.1, 0.15) is 5.01 Å². The van der Waals surface area contributed by atoms with Gasteiger partial charge in [-0.2, -0.15) is 0 Å². The Balaban J connectivity index is 1.13. The summed E-state index contributed by atoms with van der Waals surface area (Å²) in [5, 5.41) is 6.09. The van der Waals surface area contributed by atoms with Crippen molar-refractivity contribution >= 4 is 22.9 Å². The smallest absolute Gasteiger partial charge is 0.231 e. The zero-order chi connectivity index (χ0) is 21.8. The van der Waals surface area contributed by atoms with Crippen LogP contribution in [0.3, 0.4) is 0 Å². The molecule has 32 heavy (non-hydrogen) atoms. The molecule has 1 saturated heterocycles. The van der Waals surface area contributed by atoms with Gasteiger partial charge in [-0.05, 0) is 48.4 Å². The van der Waals surface area contributed by atoms with Crippen LogP contribution in [-0.2, 0) is 22.5 Å². The summed E-state index contributed by atoms with van der Waals surface area (Å²) in [7, 11) is 0. The fourth-order valence-electron chi connectivity index (χ4n) is 3.77. The summed E-state index contributed by atoms with van der Waals surface area (Å²) in [6.07, 6.45) is 1.05. The van der Waals surface area contributed by atoms with Gasteiger partial charge < -0.3 is 19.5 Å². The molecule has 0 saturated carbocycles. The van der Waals surface area contributed by atoms with Crippen LogP contribution in [0.5, 0.6) is 11.5 Å². The van der Waals surface area contributed by atoms with Gasteiger partial charge in [-0.25, -0.2) is 4.98 Å². The summed E-state index contributed by atoms with van der Waals surface area (Å²) in [6, 6.07) is 13.7. The van der Waals surface area contributed by atoms with E-state index in [0.717, 1.165) is 71.9 Å². The minimum absolute atomic E-state index is 0.0162. The fourth-order valence-corrected chi connectivity index (χ4v) is 4.59. The Hall–Kier alpha value is -2.94. The number of morpholine rings is 1. The lowest BCUT2D eigenvalue weighted by Gasteiger charge is -2.25. The average molecular weight is 452 g/mol. The molecule has 0 bridgehead atoms. The molecule has 1 aromatic heterocycles. The van der Waals surface area contributed by atoms with Crippen molar-refractivity contribution in [3.63, 3.8) is 0 Å². The maximum absolute atomic E-state index is 12.4. The number of aryl methyl sites for hydroxylation is 1. The zero-order valence-corrected chi connectivity index (χ0v) is 18.5. The van der Waals surface area contributed by atoms with Crippen molar-refractivity contribution in [1.82, 2.24) is 9.88 Å². The van der Waals surface area contributed by atoms with Crippen molar-refractivity contribution in [1.29, 1.82) is 0 Å². The molecule has 1 amide bonds. The van der Waals surface area contributed by atoms with E-state index >= 15 is 0 Å². The first-order valence-corrected chi connectivity index (χ1v) is 11.6. The Morgan fingerprint density at radius 3 is 2.72 bits per heavy atom. The molecule has 2 aromatic carbocycles. The number of rotatable bonds is 7. The number of carbonyl (C=O) groups excluding carboxylic acids is 1. The van der Waals surface area contributed by atoms with E-state index in [4.69, 9.17) is 19.2 Å². The van der Waals surface area contributed by atoms with Gasteiger partial charge >= 0.3 is 0 Å². The third-order valence-electron chi connectivity index (χ3n) is 5.53. The van der Waals surface area contributed by atoms with Crippen LogP contribution in [0.15, 0.2) is 47.8 Å². The van der Waals surface area contributed by atoms with E-state index in [1.807, 2.05) is 42.5 Å². The third kappa shape index (κ3) is 5.09. The highest BCUT2D eigenvalue weighted by molar-refractivity contribution is 7.13. The number of aromatic nitrogens is 1. The number of fused-ring (bicyclic) bond motifs is 1. The average Bonchev–Trinajstić information content (AvgIpc) is 3.48. The van der Waals surface area contributed by atoms with E-state index in [2.05, 4.69) is 15.6 Å². The predicted octanol–water partition coefficient (Wildman–Crippen LogP) is 3.94. The molecule has 2 aliphatic rings. The Morgan fingerprint density at radius 2 is 1.88 bits per heavy atom. The second-order valence-electron chi connectivity index (χ2n) is 7.85. The molecule has 0 radical (unpaired) electrons. The number of thiazole rings is 1. The molecule has 7 nitrogen and oxygen atoms in total. The van der Waals surface area contributed by atoms with Crippen LogP contribution in [0.1, 0.15) is 17.7 Å². The van der Waals surface area contributed by atoms with Gasteiger partial charge in [-0.15, -0.1) is 11.3 Å². The van der Waals surface area contributed by atoms with E-state index in [1.165, 1.54) is 0 Å². The number of benzene rings is 2. The topological polar surface area (TPSA) is 72.9 Å². The second kappa shape index (κ2) is 9.68. The lowest BCUT2D eigenvalue weighted by molar-refractivity contribution is -0.116. The van der Waals surface area contributed by atoms with Gasteiger partial charge in [-0.1, -0.05) is 6.07 Å². The number of hydrogen-bond acceptors (Lipinski definition) is 7. The molecule has 0 spiro atoms. The Labute approximate surface area is 190 Å². The van der Waals surface area contributed by atoms with Crippen LogP contribution in [0.4, 0.5) is 5.69 Å². The number of hydrogen-bond donors (Lipinski definition) is 1. The molecule has 1 fully saturated rings. The summed E-state index contributed by atoms with van der Waals surface area (Å²) in [5.74, 6) is 1.48. The summed E-state index contributed by atoms with van der Waals surface area (Å²) >= 11 is 1.65. The molecule has 1 N–H and O–H groups in total. The summed E-state index contributed by atoms with van der Waals surface area (Å²) in [4.78, 5) is 19.5. The minimum Gasteiger partial charge on any atom is -0.454 e. The van der Waals surface area contributed by atoms with E-state index in [0.29, 0.717) is 12.8 Å². The van der Waals surface area contributed by atoms with Crippen LogP contribution in [-0.4, -0.2) is 48.9 Å². The predicted molar refractivity (Wildman–Crippen MR) is 123 cm³/mol. The molecular weight excluding hydrogens is 426 g/mol. The van der Waals surface area contributed by atoms with Crippen molar-refractivity contribution < 1.29 is 19.0 Å². The maximum atomic E-state index is 12.4. The van der Waals surface area contributed by atoms with Gasteiger partial charge in [0.2, 0.25) is 12.7 Å². The Morgan fingerprint density at radius 1 is 1.06 bits per heavy atom. The molecule has 2 aliphatic heterocycles.